The molecule has 122 valence electrons. The number of carbonyl (C=O) groups excluding carboxylic acids is 2. The summed E-state index contributed by atoms with van der Waals surface area (Å²) < 4.78 is 5.05. The summed E-state index contributed by atoms with van der Waals surface area (Å²) >= 11 is 0. The summed E-state index contributed by atoms with van der Waals surface area (Å²) in [6, 6.07) is 9.19. The molecule has 0 fully saturated rings. The summed E-state index contributed by atoms with van der Waals surface area (Å²) in [6.07, 6.45) is 0.497. The molecule has 0 unspecified atom stereocenters. The van der Waals surface area contributed by atoms with Gasteiger partial charge in [-0.2, -0.15) is 5.26 Å². The largest absolute Gasteiger partial charge is 0.448 e. The Morgan fingerprint density at radius 1 is 1.26 bits per heavy atom. The van der Waals surface area contributed by atoms with Crippen molar-refractivity contribution < 1.29 is 14.3 Å². The lowest BCUT2D eigenvalue weighted by atomic mass is 10.1. The summed E-state index contributed by atoms with van der Waals surface area (Å²) in [5.74, 6) is -0.877. The monoisotopic (exact) mass is 314 g/mol. The van der Waals surface area contributed by atoms with Crippen molar-refractivity contribution in [1.29, 1.82) is 5.26 Å². The maximum Gasteiger partial charge on any atom is 0.349 e. The molecule has 23 heavy (non-hydrogen) atoms. The second-order valence-corrected chi connectivity index (χ2v) is 5.77. The number of nitriles is 1. The first-order valence-electron chi connectivity index (χ1n) is 7.50. The molecule has 0 aliphatic heterocycles. The Balaban J connectivity index is 2.72. The third kappa shape index (κ3) is 6.35. The molecule has 1 N–H and O–H groups in total. The minimum Gasteiger partial charge on any atom is -0.448 e. The molecule has 0 spiro atoms. The summed E-state index contributed by atoms with van der Waals surface area (Å²) in [4.78, 5) is 23.8. The number of nitrogens with zero attached hydrogens (tertiary/aromatic N) is 1. The van der Waals surface area contributed by atoms with Gasteiger partial charge in [0.25, 0.3) is 5.91 Å². The van der Waals surface area contributed by atoms with E-state index in [0.717, 1.165) is 11.1 Å². The molecule has 0 aliphatic carbocycles. The van der Waals surface area contributed by atoms with Crippen LogP contribution in [0.2, 0.25) is 0 Å². The second-order valence-electron chi connectivity index (χ2n) is 5.77. The lowest BCUT2D eigenvalue weighted by Gasteiger charge is -2.14. The average Bonchev–Trinajstić information content (AvgIpc) is 2.51. The normalized spacial score (nSPS) is 12.4. The fourth-order valence-electron chi connectivity index (χ4n) is 1.69. The minimum absolute atomic E-state index is 0.141. The highest BCUT2D eigenvalue weighted by molar-refractivity contribution is 5.99. The van der Waals surface area contributed by atoms with Crippen molar-refractivity contribution in [3.05, 3.63) is 41.0 Å². The highest BCUT2D eigenvalue weighted by Crippen LogP contribution is 2.10. The first-order chi connectivity index (χ1) is 10.8. The van der Waals surface area contributed by atoms with Gasteiger partial charge in [-0.1, -0.05) is 43.7 Å². The molecule has 5 heteroatoms. The summed E-state index contributed by atoms with van der Waals surface area (Å²) in [5.41, 5.74) is 1.66. The van der Waals surface area contributed by atoms with Crippen LogP contribution >= 0.6 is 0 Å². The molecule has 1 atom stereocenters. The van der Waals surface area contributed by atoms with Crippen molar-refractivity contribution in [2.75, 3.05) is 6.54 Å². The fraction of sp³-hybridized carbons (Fsp3) is 0.389. The van der Waals surface area contributed by atoms with E-state index in [4.69, 9.17) is 10.00 Å². The van der Waals surface area contributed by atoms with Gasteiger partial charge in [0.2, 0.25) is 0 Å². The van der Waals surface area contributed by atoms with Gasteiger partial charge >= 0.3 is 5.97 Å². The Morgan fingerprint density at radius 2 is 1.87 bits per heavy atom. The Kier molecular flexibility index (Phi) is 7.01. The van der Waals surface area contributed by atoms with Gasteiger partial charge in [-0.25, -0.2) is 4.79 Å². The zero-order valence-electron chi connectivity index (χ0n) is 13.9. The number of rotatable bonds is 6. The number of benzene rings is 1. The summed E-state index contributed by atoms with van der Waals surface area (Å²) in [6.45, 7) is 7.87. The standard InChI is InChI=1S/C18H22N2O3/c1-12(2)11-20-17(21)14(4)23-18(22)16(10-19)9-15-7-5-13(3)6-8-15/h5-9,12,14H,11H2,1-4H3,(H,20,21)/b16-9+/t14-/m1/s1. The van der Waals surface area contributed by atoms with Gasteiger partial charge in [0.15, 0.2) is 6.10 Å². The van der Waals surface area contributed by atoms with E-state index in [2.05, 4.69) is 5.32 Å². The number of ether oxygens (including phenoxy) is 1. The van der Waals surface area contributed by atoms with Gasteiger partial charge in [0, 0.05) is 6.54 Å². The van der Waals surface area contributed by atoms with E-state index in [0.29, 0.717) is 12.5 Å². The zero-order valence-corrected chi connectivity index (χ0v) is 13.9. The Morgan fingerprint density at radius 3 is 2.39 bits per heavy atom. The smallest absolute Gasteiger partial charge is 0.349 e. The third-order valence-corrected chi connectivity index (χ3v) is 3.07. The topological polar surface area (TPSA) is 79.2 Å². The number of aryl methyl sites for hydroxylation is 1. The van der Waals surface area contributed by atoms with Crippen LogP contribution in [0.4, 0.5) is 0 Å². The molecule has 0 bridgehead atoms. The molecule has 1 amide bonds. The van der Waals surface area contributed by atoms with Crippen molar-refractivity contribution in [3.63, 3.8) is 0 Å². The molecule has 0 radical (unpaired) electrons. The van der Waals surface area contributed by atoms with Gasteiger partial charge in [0.05, 0.1) is 0 Å². The van der Waals surface area contributed by atoms with E-state index < -0.39 is 12.1 Å². The van der Waals surface area contributed by atoms with E-state index in [9.17, 15) is 9.59 Å². The van der Waals surface area contributed by atoms with Crippen LogP contribution in [0, 0.1) is 24.2 Å². The SMILES string of the molecule is Cc1ccc(/C=C(\C#N)C(=O)O[C@H](C)C(=O)NCC(C)C)cc1. The van der Waals surface area contributed by atoms with Crippen LogP contribution in [0.15, 0.2) is 29.8 Å². The number of hydrogen-bond acceptors (Lipinski definition) is 4. The van der Waals surface area contributed by atoms with Crippen LogP contribution in [-0.4, -0.2) is 24.5 Å². The molecule has 0 saturated carbocycles. The summed E-state index contributed by atoms with van der Waals surface area (Å²) in [7, 11) is 0. The van der Waals surface area contributed by atoms with Gasteiger partial charge in [0.1, 0.15) is 11.6 Å². The van der Waals surface area contributed by atoms with Gasteiger partial charge in [-0.15, -0.1) is 0 Å². The van der Waals surface area contributed by atoms with Crippen LogP contribution < -0.4 is 5.32 Å². The van der Waals surface area contributed by atoms with Crippen molar-refractivity contribution >= 4 is 18.0 Å². The Labute approximate surface area is 137 Å². The summed E-state index contributed by atoms with van der Waals surface area (Å²) in [5, 5.41) is 11.8. The second kappa shape index (κ2) is 8.74. The highest BCUT2D eigenvalue weighted by atomic mass is 16.5. The van der Waals surface area contributed by atoms with Crippen molar-refractivity contribution in [1.82, 2.24) is 5.32 Å². The molecule has 0 aliphatic rings. The Hall–Kier alpha value is -2.61. The fourth-order valence-corrected chi connectivity index (χ4v) is 1.69. The van der Waals surface area contributed by atoms with Crippen molar-refractivity contribution in [3.8, 4) is 6.07 Å². The van der Waals surface area contributed by atoms with E-state index in [1.54, 1.807) is 12.1 Å². The lowest BCUT2D eigenvalue weighted by molar-refractivity contribution is -0.150. The third-order valence-electron chi connectivity index (χ3n) is 3.07. The predicted molar refractivity (Wildman–Crippen MR) is 88.2 cm³/mol. The molecule has 0 heterocycles. The van der Waals surface area contributed by atoms with E-state index in [-0.39, 0.29) is 11.5 Å². The first kappa shape index (κ1) is 18.4. The first-order valence-corrected chi connectivity index (χ1v) is 7.50. The van der Waals surface area contributed by atoms with Crippen LogP contribution in [0.25, 0.3) is 6.08 Å². The predicted octanol–water partition coefficient (Wildman–Crippen LogP) is 2.61. The van der Waals surface area contributed by atoms with Crippen molar-refractivity contribution in [2.24, 2.45) is 5.92 Å². The lowest BCUT2D eigenvalue weighted by Crippen LogP contribution is -2.37. The van der Waals surface area contributed by atoms with Gasteiger partial charge in [-0.05, 0) is 31.4 Å². The molecule has 1 rings (SSSR count). The van der Waals surface area contributed by atoms with E-state index in [1.165, 1.54) is 13.0 Å². The number of hydrogen-bond donors (Lipinski definition) is 1. The maximum absolute atomic E-state index is 12.0. The van der Waals surface area contributed by atoms with Gasteiger partial charge < -0.3 is 10.1 Å². The number of carbonyl (C=O) groups is 2. The highest BCUT2D eigenvalue weighted by Gasteiger charge is 2.20. The van der Waals surface area contributed by atoms with Crippen LogP contribution in [0.3, 0.4) is 0 Å². The van der Waals surface area contributed by atoms with Gasteiger partial charge in [-0.3, -0.25) is 4.79 Å². The Bertz CT molecular complexity index is 625. The molecule has 5 nitrogen and oxygen atoms in total. The maximum atomic E-state index is 12.0. The molecule has 1 aromatic carbocycles. The average molecular weight is 314 g/mol. The molecule has 1 aromatic rings. The van der Waals surface area contributed by atoms with Crippen LogP contribution in [0.1, 0.15) is 31.9 Å². The molecule has 0 saturated heterocycles. The zero-order chi connectivity index (χ0) is 17.4. The van der Waals surface area contributed by atoms with Crippen molar-refractivity contribution in [2.45, 2.75) is 33.8 Å². The molecular formula is C18H22N2O3. The van der Waals surface area contributed by atoms with E-state index >= 15 is 0 Å². The molecule has 0 aromatic heterocycles. The van der Waals surface area contributed by atoms with E-state index in [1.807, 2.05) is 39.0 Å². The quantitative estimate of drug-likeness (QED) is 0.497. The number of amides is 1. The number of esters is 1. The van der Waals surface area contributed by atoms with Crippen LogP contribution in [0.5, 0.6) is 0 Å². The number of nitrogens with one attached hydrogen (secondary N) is 1. The van der Waals surface area contributed by atoms with Crippen LogP contribution in [-0.2, 0) is 14.3 Å². The molecular weight excluding hydrogens is 292 g/mol. The minimum atomic E-state index is -0.948.